The zero-order valence-corrected chi connectivity index (χ0v) is 27.2. The molecule has 0 saturated carbocycles. The van der Waals surface area contributed by atoms with E-state index in [0.717, 1.165) is 28.8 Å². The molecule has 0 aliphatic rings. The van der Waals surface area contributed by atoms with E-state index in [-0.39, 0.29) is 23.8 Å². The van der Waals surface area contributed by atoms with E-state index in [9.17, 15) is 14.4 Å². The number of aryl methyl sites for hydroxylation is 2. The molecule has 3 amide bonds. The zero-order chi connectivity index (χ0) is 31.8. The molecule has 0 radical (unpaired) electrons. The van der Waals surface area contributed by atoms with Crippen LogP contribution in [0.25, 0.3) is 6.08 Å². The van der Waals surface area contributed by atoms with Crippen LogP contribution in [0.5, 0.6) is 0 Å². The van der Waals surface area contributed by atoms with Crippen LogP contribution >= 0.6 is 0 Å². The molecule has 42 heavy (non-hydrogen) atoms. The molecule has 2 aromatic rings. The molecule has 0 spiro atoms. The van der Waals surface area contributed by atoms with Crippen molar-refractivity contribution in [1.82, 2.24) is 10.2 Å². The van der Waals surface area contributed by atoms with E-state index in [1.807, 2.05) is 77.1 Å². The molecule has 7 nitrogen and oxygen atoms in total. The Morgan fingerprint density at radius 2 is 1.55 bits per heavy atom. The Kier molecular flexibility index (Phi) is 12.4. The van der Waals surface area contributed by atoms with Gasteiger partial charge in [0, 0.05) is 11.7 Å². The number of ether oxygens (including phenoxy) is 1. The van der Waals surface area contributed by atoms with Gasteiger partial charge in [0.2, 0.25) is 5.91 Å². The van der Waals surface area contributed by atoms with Gasteiger partial charge in [0.05, 0.1) is 0 Å². The number of rotatable bonds is 12. The largest absolute Gasteiger partial charge is 0.444 e. The summed E-state index contributed by atoms with van der Waals surface area (Å²) in [5, 5.41) is 5.95. The lowest BCUT2D eigenvalue weighted by atomic mass is 9.94. The fourth-order valence-corrected chi connectivity index (χ4v) is 4.92. The molecule has 3 unspecified atom stereocenters. The van der Waals surface area contributed by atoms with Gasteiger partial charge in [-0.1, -0.05) is 76.7 Å². The fraction of sp³-hybridized carbons (Fsp3) is 0.514. The van der Waals surface area contributed by atoms with E-state index in [4.69, 9.17) is 4.74 Å². The minimum Gasteiger partial charge on any atom is -0.444 e. The first-order chi connectivity index (χ1) is 19.5. The number of carbonyl (C=O) groups is 3. The van der Waals surface area contributed by atoms with Crippen LogP contribution in [0.15, 0.2) is 49.0 Å². The van der Waals surface area contributed by atoms with Gasteiger partial charge in [0.1, 0.15) is 17.7 Å². The van der Waals surface area contributed by atoms with Gasteiger partial charge >= 0.3 is 6.09 Å². The van der Waals surface area contributed by atoms with Gasteiger partial charge in [-0.3, -0.25) is 9.59 Å². The molecule has 0 aromatic heterocycles. The number of nitrogens with one attached hydrogen (secondary N) is 2. The fourth-order valence-electron chi connectivity index (χ4n) is 4.92. The van der Waals surface area contributed by atoms with Crippen LogP contribution in [0, 0.1) is 25.7 Å². The molecule has 0 saturated heterocycles. The Morgan fingerprint density at radius 1 is 0.952 bits per heavy atom. The maximum atomic E-state index is 14.6. The summed E-state index contributed by atoms with van der Waals surface area (Å²) in [6.07, 6.45) is 2.61. The first-order valence-electron chi connectivity index (χ1n) is 15.0. The third-order valence-electron chi connectivity index (χ3n) is 7.21. The summed E-state index contributed by atoms with van der Waals surface area (Å²) in [4.78, 5) is 43.5. The molecule has 0 aliphatic carbocycles. The molecule has 0 aliphatic heterocycles. The predicted molar refractivity (Wildman–Crippen MR) is 172 cm³/mol. The highest BCUT2D eigenvalue weighted by Gasteiger charge is 2.40. The van der Waals surface area contributed by atoms with Gasteiger partial charge in [-0.25, -0.2) is 4.79 Å². The van der Waals surface area contributed by atoms with Crippen LogP contribution in [0.4, 0.5) is 10.5 Å². The van der Waals surface area contributed by atoms with Crippen molar-refractivity contribution in [3.63, 3.8) is 0 Å². The molecule has 2 aromatic carbocycles. The van der Waals surface area contributed by atoms with Gasteiger partial charge in [-0.05, 0) is 94.5 Å². The SMILES string of the molecule is C=Cc1cccc(C(C(=O)Nc2c(C)cccc2C)N(C(=O)C(NC(=O)OC(C)(C)C)C(C)C)C(C)CCC(C)C)c1. The van der Waals surface area contributed by atoms with Crippen LogP contribution in [-0.4, -0.2) is 40.5 Å². The Labute approximate surface area is 253 Å². The van der Waals surface area contributed by atoms with Crippen molar-refractivity contribution in [3.8, 4) is 0 Å². The normalized spacial score (nSPS) is 13.7. The minimum absolute atomic E-state index is 0.258. The number of anilines is 1. The summed E-state index contributed by atoms with van der Waals surface area (Å²) in [6.45, 7) is 23.1. The summed E-state index contributed by atoms with van der Waals surface area (Å²) in [5.41, 5.74) is 3.37. The maximum Gasteiger partial charge on any atom is 0.408 e. The first kappa shape index (κ1) is 34.6. The number of carbonyl (C=O) groups excluding carboxylic acids is 3. The van der Waals surface area contributed by atoms with Crippen molar-refractivity contribution in [2.75, 3.05) is 5.32 Å². The minimum atomic E-state index is -0.958. The molecule has 7 heteroatoms. The average molecular weight is 578 g/mol. The summed E-state index contributed by atoms with van der Waals surface area (Å²) < 4.78 is 5.50. The van der Waals surface area contributed by atoms with Gasteiger partial charge in [0.15, 0.2) is 0 Å². The number of hydrogen-bond donors (Lipinski definition) is 2. The van der Waals surface area contributed by atoms with Crippen molar-refractivity contribution in [2.24, 2.45) is 11.8 Å². The second-order valence-electron chi connectivity index (χ2n) is 13.0. The topological polar surface area (TPSA) is 87.7 Å². The van der Waals surface area contributed by atoms with Gasteiger partial charge < -0.3 is 20.3 Å². The average Bonchev–Trinajstić information content (AvgIpc) is 2.89. The van der Waals surface area contributed by atoms with E-state index in [0.29, 0.717) is 17.9 Å². The number of benzene rings is 2. The maximum absolute atomic E-state index is 14.6. The Morgan fingerprint density at radius 3 is 2.07 bits per heavy atom. The van der Waals surface area contributed by atoms with Crippen LogP contribution in [0.1, 0.15) is 96.5 Å². The smallest absolute Gasteiger partial charge is 0.408 e. The number of nitrogens with zero attached hydrogens (tertiary/aromatic N) is 1. The lowest BCUT2D eigenvalue weighted by Gasteiger charge is -2.39. The summed E-state index contributed by atoms with van der Waals surface area (Å²) in [7, 11) is 0. The molecule has 3 atom stereocenters. The lowest BCUT2D eigenvalue weighted by Crippen LogP contribution is -2.56. The van der Waals surface area contributed by atoms with Gasteiger partial charge in [0.25, 0.3) is 5.91 Å². The molecular weight excluding hydrogens is 526 g/mol. The second kappa shape index (κ2) is 15.0. The zero-order valence-electron chi connectivity index (χ0n) is 27.2. The number of hydrogen-bond acceptors (Lipinski definition) is 4. The van der Waals surface area contributed by atoms with Crippen LogP contribution in [-0.2, 0) is 14.3 Å². The van der Waals surface area contributed by atoms with E-state index < -0.39 is 23.8 Å². The summed E-state index contributed by atoms with van der Waals surface area (Å²) >= 11 is 0. The Hall–Kier alpha value is -3.61. The number of alkyl carbamates (subject to hydrolysis) is 1. The van der Waals surface area contributed by atoms with Crippen LogP contribution in [0.3, 0.4) is 0 Å². The predicted octanol–water partition coefficient (Wildman–Crippen LogP) is 7.83. The molecule has 2 rings (SSSR count). The van der Waals surface area contributed by atoms with Crippen molar-refractivity contribution >= 4 is 29.7 Å². The highest BCUT2D eigenvalue weighted by molar-refractivity contribution is 6.00. The van der Waals surface area contributed by atoms with E-state index in [1.165, 1.54) is 0 Å². The third kappa shape index (κ3) is 9.74. The molecule has 0 heterocycles. The molecular formula is C35H51N3O4. The number of amides is 3. The third-order valence-corrected chi connectivity index (χ3v) is 7.21. The van der Waals surface area contributed by atoms with Gasteiger partial charge in [-0.2, -0.15) is 0 Å². The molecule has 0 bridgehead atoms. The standard InChI is InChI=1S/C35H51N3O4/c1-12-27-17-14-18-28(21-27)31(32(39)36-30-24(6)15-13-16-25(30)7)38(26(8)20-19-22(2)3)33(40)29(23(4)5)37-34(41)42-35(9,10)11/h12-18,21-23,26,29,31H,1,19-20H2,2-11H3,(H,36,39)(H,37,41). The molecule has 0 fully saturated rings. The molecule has 2 N–H and O–H groups in total. The highest BCUT2D eigenvalue weighted by Crippen LogP contribution is 2.31. The Balaban J connectivity index is 2.70. The Bertz CT molecular complexity index is 1220. The lowest BCUT2D eigenvalue weighted by molar-refractivity contribution is -0.144. The van der Waals surface area contributed by atoms with E-state index >= 15 is 0 Å². The van der Waals surface area contributed by atoms with Gasteiger partial charge in [-0.15, -0.1) is 0 Å². The van der Waals surface area contributed by atoms with E-state index in [2.05, 4.69) is 31.1 Å². The van der Waals surface area contributed by atoms with Crippen molar-refractivity contribution < 1.29 is 19.1 Å². The van der Waals surface area contributed by atoms with E-state index in [1.54, 1.807) is 31.7 Å². The molecule has 230 valence electrons. The second-order valence-corrected chi connectivity index (χ2v) is 13.0. The summed E-state index contributed by atoms with van der Waals surface area (Å²) in [6, 6.07) is 11.2. The first-order valence-corrected chi connectivity index (χ1v) is 15.0. The van der Waals surface area contributed by atoms with Crippen molar-refractivity contribution in [3.05, 3.63) is 71.3 Å². The van der Waals surface area contributed by atoms with Crippen molar-refractivity contribution in [1.29, 1.82) is 0 Å². The monoisotopic (exact) mass is 577 g/mol. The van der Waals surface area contributed by atoms with Crippen LogP contribution < -0.4 is 10.6 Å². The summed E-state index contributed by atoms with van der Waals surface area (Å²) in [5.74, 6) is -0.501. The van der Waals surface area contributed by atoms with Crippen molar-refractivity contribution in [2.45, 2.75) is 106 Å². The number of para-hydroxylation sites is 1. The van der Waals surface area contributed by atoms with Crippen LogP contribution in [0.2, 0.25) is 0 Å². The highest BCUT2D eigenvalue weighted by atomic mass is 16.6. The quantitative estimate of drug-likeness (QED) is 0.269.